The second kappa shape index (κ2) is 4.91. The van der Waals surface area contributed by atoms with E-state index in [9.17, 15) is 4.79 Å². The number of fused-ring (bicyclic) bond motifs is 1. The van der Waals surface area contributed by atoms with Gasteiger partial charge in [-0.25, -0.2) is 0 Å². The normalized spacial score (nSPS) is 12.6. The summed E-state index contributed by atoms with van der Waals surface area (Å²) in [5, 5.41) is 8.92. The molecule has 0 saturated heterocycles. The molecule has 1 N–H and O–H groups in total. The van der Waals surface area contributed by atoms with Crippen molar-refractivity contribution in [2.75, 3.05) is 18.5 Å². The fourth-order valence-corrected chi connectivity index (χ4v) is 2.10. The van der Waals surface area contributed by atoms with E-state index in [1.807, 2.05) is 26.0 Å². The number of nitrogens with zero attached hydrogens (tertiary/aromatic N) is 2. The topological polar surface area (TPSA) is 66.6 Å². The van der Waals surface area contributed by atoms with Crippen LogP contribution in [0.1, 0.15) is 18.1 Å². The maximum atomic E-state index is 10.9. The summed E-state index contributed by atoms with van der Waals surface area (Å²) in [5.74, 6) is -1.29. The van der Waals surface area contributed by atoms with Gasteiger partial charge in [-0.1, -0.05) is 13.0 Å². The van der Waals surface area contributed by atoms with Crippen LogP contribution in [0, 0.1) is 19.8 Å². The van der Waals surface area contributed by atoms with Crippen molar-refractivity contribution in [3.05, 3.63) is 23.3 Å². The Kier molecular flexibility index (Phi) is 3.46. The molecule has 1 unspecified atom stereocenters. The van der Waals surface area contributed by atoms with Crippen LogP contribution in [0.2, 0.25) is 0 Å². The van der Waals surface area contributed by atoms with Gasteiger partial charge in [0, 0.05) is 13.6 Å². The van der Waals surface area contributed by atoms with Gasteiger partial charge in [0.2, 0.25) is 0 Å². The number of carboxylic acid groups (broad SMARTS) is 1. The summed E-state index contributed by atoms with van der Waals surface area (Å²) in [6.45, 7) is 6.01. The second-order valence-electron chi connectivity index (χ2n) is 5.05. The van der Waals surface area contributed by atoms with Crippen LogP contribution >= 0.6 is 0 Å². The Labute approximate surface area is 111 Å². The molecule has 0 aliphatic rings. The molecule has 0 fully saturated rings. The van der Waals surface area contributed by atoms with E-state index in [4.69, 9.17) is 9.52 Å². The maximum Gasteiger partial charge on any atom is 0.308 e. The first-order chi connectivity index (χ1) is 8.88. The number of oxazole rings is 1. The van der Waals surface area contributed by atoms with Gasteiger partial charge in [-0.15, -0.1) is 0 Å². The molecular formula is C14H18N2O3. The number of carbonyl (C=O) groups is 1. The summed E-state index contributed by atoms with van der Waals surface area (Å²) in [5.41, 5.74) is 3.73. The molecule has 1 aromatic heterocycles. The van der Waals surface area contributed by atoms with Crippen molar-refractivity contribution in [1.82, 2.24) is 4.98 Å². The van der Waals surface area contributed by atoms with E-state index in [0.29, 0.717) is 12.6 Å². The minimum Gasteiger partial charge on any atom is -0.481 e. The molecule has 1 heterocycles. The number of hydrogen-bond donors (Lipinski definition) is 1. The molecule has 0 amide bonds. The van der Waals surface area contributed by atoms with Crippen molar-refractivity contribution in [3.63, 3.8) is 0 Å². The van der Waals surface area contributed by atoms with Crippen molar-refractivity contribution in [2.45, 2.75) is 20.8 Å². The molecule has 0 bridgehead atoms. The molecule has 0 aliphatic carbocycles. The average Bonchev–Trinajstić information content (AvgIpc) is 2.72. The highest BCUT2D eigenvalue weighted by Gasteiger charge is 2.18. The lowest BCUT2D eigenvalue weighted by Gasteiger charge is -2.16. The molecule has 2 rings (SSSR count). The van der Waals surface area contributed by atoms with Crippen LogP contribution in [0.5, 0.6) is 0 Å². The number of carboxylic acids is 1. The van der Waals surface area contributed by atoms with Crippen molar-refractivity contribution in [1.29, 1.82) is 0 Å². The summed E-state index contributed by atoms with van der Waals surface area (Å²) in [6.07, 6.45) is 0. The van der Waals surface area contributed by atoms with Crippen LogP contribution in [-0.2, 0) is 4.79 Å². The molecule has 102 valence electrons. The zero-order valence-corrected chi connectivity index (χ0v) is 11.6. The fourth-order valence-electron chi connectivity index (χ4n) is 2.10. The van der Waals surface area contributed by atoms with E-state index >= 15 is 0 Å². The van der Waals surface area contributed by atoms with Crippen molar-refractivity contribution in [2.24, 2.45) is 5.92 Å². The smallest absolute Gasteiger partial charge is 0.308 e. The minimum atomic E-state index is -0.824. The maximum absolute atomic E-state index is 10.9. The number of benzene rings is 1. The van der Waals surface area contributed by atoms with Crippen LogP contribution in [0.25, 0.3) is 11.1 Å². The molecule has 0 radical (unpaired) electrons. The zero-order chi connectivity index (χ0) is 14.2. The van der Waals surface area contributed by atoms with Crippen molar-refractivity contribution < 1.29 is 14.3 Å². The molecule has 1 atom stereocenters. The molecule has 0 aliphatic heterocycles. The number of anilines is 1. The van der Waals surface area contributed by atoms with E-state index in [1.54, 1.807) is 18.9 Å². The highest BCUT2D eigenvalue weighted by Crippen LogP contribution is 2.25. The van der Waals surface area contributed by atoms with Crippen LogP contribution < -0.4 is 4.90 Å². The van der Waals surface area contributed by atoms with E-state index < -0.39 is 11.9 Å². The predicted molar refractivity (Wildman–Crippen MR) is 73.6 cm³/mol. The lowest BCUT2D eigenvalue weighted by atomic mass is 10.1. The Morgan fingerprint density at radius 2 is 2.16 bits per heavy atom. The SMILES string of the molecule is Cc1cc(C)c2oc(N(C)CC(C)C(=O)O)nc2c1. The van der Waals surface area contributed by atoms with Crippen LogP contribution in [0.4, 0.5) is 6.01 Å². The number of rotatable bonds is 4. The van der Waals surface area contributed by atoms with E-state index in [-0.39, 0.29) is 0 Å². The molecule has 1 aromatic carbocycles. The van der Waals surface area contributed by atoms with Gasteiger partial charge in [0.25, 0.3) is 6.01 Å². The molecule has 5 heteroatoms. The molecule has 0 spiro atoms. The van der Waals surface area contributed by atoms with Gasteiger partial charge >= 0.3 is 5.97 Å². The lowest BCUT2D eigenvalue weighted by Crippen LogP contribution is -2.28. The van der Waals surface area contributed by atoms with Crippen LogP contribution in [-0.4, -0.2) is 29.7 Å². The molecule has 0 saturated carbocycles. The number of aromatic nitrogens is 1. The Morgan fingerprint density at radius 3 is 2.79 bits per heavy atom. The highest BCUT2D eigenvalue weighted by molar-refractivity contribution is 5.79. The summed E-state index contributed by atoms with van der Waals surface area (Å²) >= 11 is 0. The molecule has 2 aromatic rings. The Bertz CT molecular complexity index is 618. The van der Waals surface area contributed by atoms with Gasteiger partial charge in [0.1, 0.15) is 5.52 Å². The van der Waals surface area contributed by atoms with Crippen LogP contribution in [0.15, 0.2) is 16.5 Å². The molecule has 19 heavy (non-hydrogen) atoms. The number of aliphatic carboxylic acids is 1. The van der Waals surface area contributed by atoms with Crippen LogP contribution in [0.3, 0.4) is 0 Å². The summed E-state index contributed by atoms with van der Waals surface area (Å²) in [7, 11) is 1.78. The monoisotopic (exact) mass is 262 g/mol. The standard InChI is InChI=1S/C14H18N2O3/c1-8-5-9(2)12-11(6-8)15-14(19-12)16(4)7-10(3)13(17)18/h5-6,10H,7H2,1-4H3,(H,17,18). The minimum absolute atomic E-state index is 0.361. The van der Waals surface area contributed by atoms with Gasteiger partial charge in [-0.3, -0.25) is 4.79 Å². The molecular weight excluding hydrogens is 244 g/mol. The largest absolute Gasteiger partial charge is 0.481 e. The predicted octanol–water partition coefficient (Wildman–Crippen LogP) is 2.60. The summed E-state index contributed by atoms with van der Waals surface area (Å²) in [6, 6.07) is 4.46. The third-order valence-corrected chi connectivity index (χ3v) is 3.10. The average molecular weight is 262 g/mol. The van der Waals surface area contributed by atoms with Gasteiger partial charge < -0.3 is 14.4 Å². The Morgan fingerprint density at radius 1 is 1.47 bits per heavy atom. The first kappa shape index (κ1) is 13.4. The Hall–Kier alpha value is -2.04. The molecule has 5 nitrogen and oxygen atoms in total. The summed E-state index contributed by atoms with van der Waals surface area (Å²) in [4.78, 5) is 17.0. The third-order valence-electron chi connectivity index (χ3n) is 3.10. The zero-order valence-electron chi connectivity index (χ0n) is 11.6. The van der Waals surface area contributed by atoms with E-state index in [0.717, 1.165) is 22.2 Å². The first-order valence-electron chi connectivity index (χ1n) is 6.20. The lowest BCUT2D eigenvalue weighted by molar-refractivity contribution is -0.140. The van der Waals surface area contributed by atoms with Crippen molar-refractivity contribution in [3.8, 4) is 0 Å². The van der Waals surface area contributed by atoms with Gasteiger partial charge in [0.05, 0.1) is 5.92 Å². The van der Waals surface area contributed by atoms with Gasteiger partial charge in [0.15, 0.2) is 5.58 Å². The second-order valence-corrected chi connectivity index (χ2v) is 5.05. The van der Waals surface area contributed by atoms with E-state index in [2.05, 4.69) is 4.98 Å². The van der Waals surface area contributed by atoms with Crippen molar-refractivity contribution >= 4 is 23.1 Å². The highest BCUT2D eigenvalue weighted by atomic mass is 16.4. The summed E-state index contributed by atoms with van der Waals surface area (Å²) < 4.78 is 5.72. The number of hydrogen-bond acceptors (Lipinski definition) is 4. The van der Waals surface area contributed by atoms with E-state index in [1.165, 1.54) is 0 Å². The quantitative estimate of drug-likeness (QED) is 0.917. The fraction of sp³-hybridized carbons (Fsp3) is 0.429. The Balaban J connectivity index is 2.30. The first-order valence-corrected chi connectivity index (χ1v) is 6.20. The number of aryl methyl sites for hydroxylation is 2. The third kappa shape index (κ3) is 2.70. The van der Waals surface area contributed by atoms with Gasteiger partial charge in [-0.2, -0.15) is 4.98 Å². The van der Waals surface area contributed by atoms with Gasteiger partial charge in [-0.05, 0) is 31.0 Å².